The number of ether oxygens (including phenoxy) is 2. The normalized spacial score (nSPS) is 20.8. The van der Waals surface area contributed by atoms with Gasteiger partial charge in [-0.2, -0.15) is 0 Å². The number of pyridine rings is 1. The molecule has 1 aliphatic heterocycles. The van der Waals surface area contributed by atoms with Crippen LogP contribution in [0.3, 0.4) is 0 Å². The van der Waals surface area contributed by atoms with E-state index in [1.165, 1.54) is 25.4 Å². The standard InChI is InChI=1S/C44H51FN6O7/c1-27-29(19-33(45)35-20-39(57-4)30(21-46-35)22-47-37(24-52)42(55)56)7-5-8-31(27)32-9-6-10-34(28(32)2)49-41(54)40-48-36-23-51(17-11-38(36)50(40)3)18-16-43-12-14-44(25-43,15-13-43)58-26-53/h5-10,19-21,26,37,47,52H,11-18,22-25H2,1-4H3,(H,49,54)(H,55,56)/b33-19-/t37-,43?,44?/m1/s1. The van der Waals surface area contributed by atoms with Crippen LogP contribution < -0.4 is 15.4 Å². The Labute approximate surface area is 337 Å². The number of carbonyl (C=O) groups excluding carboxylic acids is 2. The molecule has 2 fully saturated rings. The van der Waals surface area contributed by atoms with E-state index in [1.54, 1.807) is 0 Å². The number of halogens is 1. The monoisotopic (exact) mass is 794 g/mol. The number of aliphatic hydroxyl groups is 1. The molecule has 2 aliphatic carbocycles. The quantitative estimate of drug-likeness (QED) is 0.0985. The number of carboxylic acids is 1. The minimum absolute atomic E-state index is 0.0444. The van der Waals surface area contributed by atoms with E-state index in [1.807, 2.05) is 61.9 Å². The third-order valence-corrected chi connectivity index (χ3v) is 12.7. The molecule has 1 atom stereocenters. The summed E-state index contributed by atoms with van der Waals surface area (Å²) in [5.74, 6) is -1.39. The number of rotatable bonds is 16. The van der Waals surface area contributed by atoms with Gasteiger partial charge in [0.25, 0.3) is 12.4 Å². The lowest BCUT2D eigenvalue weighted by molar-refractivity contribution is -0.143. The van der Waals surface area contributed by atoms with E-state index in [0.29, 0.717) is 41.4 Å². The first-order chi connectivity index (χ1) is 27.9. The van der Waals surface area contributed by atoms with Gasteiger partial charge in [0.2, 0.25) is 0 Å². The smallest absolute Gasteiger partial charge is 0.323 e. The molecule has 14 heteroatoms. The molecule has 0 radical (unpaired) electrons. The van der Waals surface area contributed by atoms with E-state index in [2.05, 4.69) is 20.5 Å². The van der Waals surface area contributed by atoms with Crippen molar-refractivity contribution >= 4 is 35.9 Å². The van der Waals surface area contributed by atoms with Crippen molar-refractivity contribution in [1.82, 2.24) is 24.8 Å². The number of nitrogens with zero attached hydrogens (tertiary/aromatic N) is 4. The average molecular weight is 795 g/mol. The zero-order valence-electron chi connectivity index (χ0n) is 33.4. The Balaban J connectivity index is 1.03. The highest BCUT2D eigenvalue weighted by molar-refractivity contribution is 6.03. The Morgan fingerprint density at radius 3 is 2.53 bits per heavy atom. The third kappa shape index (κ3) is 8.13. The molecule has 4 aromatic rings. The number of hydrogen-bond acceptors (Lipinski definition) is 10. The van der Waals surface area contributed by atoms with Crippen LogP contribution in [0.2, 0.25) is 0 Å². The summed E-state index contributed by atoms with van der Waals surface area (Å²) in [7, 11) is 3.33. The highest BCUT2D eigenvalue weighted by Crippen LogP contribution is 2.59. The Kier molecular flexibility index (Phi) is 11.8. The number of carbonyl (C=O) groups is 3. The van der Waals surface area contributed by atoms with Crippen LogP contribution in [0.25, 0.3) is 23.0 Å². The van der Waals surface area contributed by atoms with Crippen molar-refractivity contribution in [2.45, 2.75) is 83.5 Å². The molecule has 13 nitrogen and oxygen atoms in total. The van der Waals surface area contributed by atoms with Gasteiger partial charge in [-0.3, -0.25) is 29.6 Å². The van der Waals surface area contributed by atoms with Gasteiger partial charge in [-0.05, 0) is 104 Å². The number of amides is 1. The summed E-state index contributed by atoms with van der Waals surface area (Å²) in [6.45, 7) is 6.48. The van der Waals surface area contributed by atoms with Gasteiger partial charge in [-0.15, -0.1) is 0 Å². The van der Waals surface area contributed by atoms with Crippen LogP contribution in [0.5, 0.6) is 5.75 Å². The van der Waals surface area contributed by atoms with Crippen molar-refractivity contribution in [2.24, 2.45) is 12.5 Å². The summed E-state index contributed by atoms with van der Waals surface area (Å²) in [5, 5.41) is 24.3. The van der Waals surface area contributed by atoms with E-state index in [-0.39, 0.29) is 29.2 Å². The highest BCUT2D eigenvalue weighted by atomic mass is 19.1. The van der Waals surface area contributed by atoms with Crippen LogP contribution in [-0.2, 0) is 40.9 Å². The first kappa shape index (κ1) is 40.7. The number of benzene rings is 2. The lowest BCUT2D eigenvalue weighted by atomic mass is 9.81. The molecule has 2 saturated carbocycles. The molecule has 58 heavy (non-hydrogen) atoms. The minimum Gasteiger partial charge on any atom is -0.496 e. The molecule has 0 unspecified atom stereocenters. The fourth-order valence-corrected chi connectivity index (χ4v) is 9.18. The zero-order chi connectivity index (χ0) is 41.2. The van der Waals surface area contributed by atoms with E-state index < -0.39 is 24.4 Å². The van der Waals surface area contributed by atoms with Gasteiger partial charge in [0.05, 0.1) is 19.4 Å². The lowest BCUT2D eigenvalue weighted by Crippen LogP contribution is -2.39. The van der Waals surface area contributed by atoms with Gasteiger partial charge in [-0.25, -0.2) is 9.37 Å². The average Bonchev–Trinajstić information content (AvgIpc) is 3.88. The van der Waals surface area contributed by atoms with Crippen LogP contribution in [0.15, 0.2) is 48.7 Å². The second-order valence-corrected chi connectivity index (χ2v) is 16.0. The number of carboxylic acid groups (broad SMARTS) is 1. The van der Waals surface area contributed by atoms with Crippen LogP contribution in [0.4, 0.5) is 10.1 Å². The van der Waals surface area contributed by atoms with Crippen molar-refractivity contribution in [3.8, 4) is 16.9 Å². The number of aromatic nitrogens is 3. The Bertz CT molecular complexity index is 2240. The number of aliphatic carboxylic acids is 1. The molecule has 0 saturated heterocycles. The van der Waals surface area contributed by atoms with Crippen LogP contribution in [0, 0.1) is 19.3 Å². The largest absolute Gasteiger partial charge is 0.496 e. The minimum atomic E-state index is -1.19. The summed E-state index contributed by atoms with van der Waals surface area (Å²) < 4.78 is 28.6. The number of imidazole rings is 1. The second kappa shape index (κ2) is 16.8. The van der Waals surface area contributed by atoms with Crippen molar-refractivity contribution < 1.29 is 38.5 Å². The molecule has 2 aromatic heterocycles. The Morgan fingerprint density at radius 1 is 1.09 bits per heavy atom. The number of fused-ring (bicyclic) bond motifs is 3. The molecule has 0 spiro atoms. The SMILES string of the molecule is COc1cc(/C(F)=C/c2cccc(-c3cccc(NC(=O)c4nc5c(n4C)CCN(CCC46CCC(OC=O)(CC4)C6)C5)c3C)c2C)ncc1CN[C@H](CO)C(=O)O. The molecule has 2 bridgehead atoms. The molecule has 7 rings (SSSR count). The zero-order valence-corrected chi connectivity index (χ0v) is 33.4. The highest BCUT2D eigenvalue weighted by Gasteiger charge is 2.55. The molecule has 306 valence electrons. The summed E-state index contributed by atoms with van der Waals surface area (Å²) >= 11 is 0. The van der Waals surface area contributed by atoms with Gasteiger partial charge in [-0.1, -0.05) is 30.3 Å². The maximum absolute atomic E-state index is 15.8. The predicted octanol–water partition coefficient (Wildman–Crippen LogP) is 5.99. The molecule has 2 aromatic carbocycles. The maximum Gasteiger partial charge on any atom is 0.323 e. The second-order valence-electron chi connectivity index (χ2n) is 16.0. The van der Waals surface area contributed by atoms with E-state index in [4.69, 9.17) is 14.5 Å². The topological polar surface area (TPSA) is 168 Å². The molecule has 1 amide bonds. The van der Waals surface area contributed by atoms with Gasteiger partial charge in [0, 0.05) is 62.3 Å². The van der Waals surface area contributed by atoms with Gasteiger partial charge < -0.3 is 29.6 Å². The third-order valence-electron chi connectivity index (χ3n) is 12.7. The Morgan fingerprint density at radius 2 is 1.83 bits per heavy atom. The fourth-order valence-electron chi connectivity index (χ4n) is 9.18. The molecular formula is C44H51FN6O7. The van der Waals surface area contributed by atoms with Crippen molar-refractivity contribution in [1.29, 1.82) is 0 Å². The number of methoxy groups -OCH3 is 1. The van der Waals surface area contributed by atoms with Gasteiger partial charge in [0.1, 0.15) is 28.9 Å². The van der Waals surface area contributed by atoms with E-state index in [9.17, 15) is 24.6 Å². The molecule has 3 aliphatic rings. The summed E-state index contributed by atoms with van der Waals surface area (Å²) in [6.07, 6.45) is 9.78. The summed E-state index contributed by atoms with van der Waals surface area (Å²) in [6, 6.07) is 11.6. The summed E-state index contributed by atoms with van der Waals surface area (Å²) in [5.41, 5.74) is 7.30. The Hall–Kier alpha value is -5.44. The number of nitrogens with one attached hydrogen (secondary N) is 2. The molecule has 3 heterocycles. The lowest BCUT2D eigenvalue weighted by Gasteiger charge is -2.32. The predicted molar refractivity (Wildman–Crippen MR) is 217 cm³/mol. The van der Waals surface area contributed by atoms with Gasteiger partial charge >= 0.3 is 5.97 Å². The first-order valence-corrected chi connectivity index (χ1v) is 19.8. The molecule has 4 N–H and O–H groups in total. The van der Waals surface area contributed by atoms with Crippen molar-refractivity contribution in [3.63, 3.8) is 0 Å². The van der Waals surface area contributed by atoms with E-state index in [0.717, 1.165) is 91.7 Å². The summed E-state index contributed by atoms with van der Waals surface area (Å²) in [4.78, 5) is 47.7. The van der Waals surface area contributed by atoms with Crippen molar-refractivity contribution in [2.75, 3.05) is 32.1 Å². The number of hydrogen-bond donors (Lipinski definition) is 4. The van der Waals surface area contributed by atoms with E-state index >= 15 is 4.39 Å². The van der Waals surface area contributed by atoms with Crippen LogP contribution in [0.1, 0.15) is 88.5 Å². The number of anilines is 1. The van der Waals surface area contributed by atoms with Crippen LogP contribution >= 0.6 is 0 Å². The fraction of sp³-hybridized carbons (Fsp3) is 0.432. The number of aliphatic hydroxyl groups excluding tert-OH is 1. The van der Waals surface area contributed by atoms with Crippen LogP contribution in [-0.4, -0.2) is 86.4 Å². The maximum atomic E-state index is 15.8. The molecular weight excluding hydrogens is 744 g/mol. The van der Waals surface area contributed by atoms with Gasteiger partial charge in [0.15, 0.2) is 5.82 Å². The van der Waals surface area contributed by atoms with Crippen molar-refractivity contribution in [3.05, 3.63) is 93.8 Å². The first-order valence-electron chi connectivity index (χ1n) is 19.8.